The van der Waals surface area contributed by atoms with Gasteiger partial charge in [0.25, 0.3) is 16.5 Å². The van der Waals surface area contributed by atoms with Crippen LogP contribution in [0.2, 0.25) is 5.15 Å². The number of esters is 1. The van der Waals surface area contributed by atoms with Crippen LogP contribution in [0.4, 0.5) is 4.79 Å². The molecular weight excluding hydrogens is 720 g/mol. The minimum absolute atomic E-state index is 0.0137. The number of nitrogens with one attached hydrogen (secondary N) is 1. The largest absolute Gasteiger partial charge is 0.511 e. The van der Waals surface area contributed by atoms with Gasteiger partial charge in [-0.1, -0.05) is 87.3 Å². The average Bonchev–Trinajstić information content (AvgIpc) is 3.43. The number of aryl methyl sites for hydroxylation is 1. The number of halogens is 1. The zero-order valence-electron chi connectivity index (χ0n) is 29.5. The summed E-state index contributed by atoms with van der Waals surface area (Å²) in [4.78, 5) is 60.2. The molecule has 288 valence electrons. The van der Waals surface area contributed by atoms with E-state index in [-0.39, 0.29) is 43.3 Å². The van der Waals surface area contributed by atoms with Crippen LogP contribution in [0.3, 0.4) is 0 Å². The summed E-state index contributed by atoms with van der Waals surface area (Å²) in [6, 6.07) is 15.1. The summed E-state index contributed by atoms with van der Waals surface area (Å²) in [5, 5.41) is 22.5. The van der Waals surface area contributed by atoms with E-state index in [0.29, 0.717) is 23.6 Å². The maximum atomic E-state index is 13.6. The second kappa shape index (κ2) is 21.0. The van der Waals surface area contributed by atoms with Crippen LogP contribution in [0.1, 0.15) is 80.3 Å². The van der Waals surface area contributed by atoms with Gasteiger partial charge in [-0.05, 0) is 42.4 Å². The number of benzene rings is 2. The molecule has 53 heavy (non-hydrogen) atoms. The summed E-state index contributed by atoms with van der Waals surface area (Å²) in [7, 11) is 0. The van der Waals surface area contributed by atoms with Crippen LogP contribution < -0.4 is 17.1 Å². The Labute approximate surface area is 309 Å². The fraction of sp³-hybridized carbons (Fsp3) is 0.455. The summed E-state index contributed by atoms with van der Waals surface area (Å²) in [5.74, 6) is 10.7. The predicted octanol–water partition coefficient (Wildman–Crippen LogP) is 4.93. The molecule has 0 aliphatic carbocycles. The molecule has 0 fully saturated rings. The lowest BCUT2D eigenvalue weighted by molar-refractivity contribution is -0.790. The van der Waals surface area contributed by atoms with Crippen LogP contribution in [0.25, 0.3) is 11.1 Å². The number of unbranched alkanes of at least 4 members (excludes halogenated alkanes) is 2. The van der Waals surface area contributed by atoms with Gasteiger partial charge < -0.3 is 39.7 Å². The number of nitrogens with two attached hydrogens (primary N) is 2. The third-order valence-electron chi connectivity index (χ3n) is 7.73. The highest BCUT2D eigenvalue weighted by molar-refractivity contribution is 6.32. The fourth-order valence-electron chi connectivity index (χ4n) is 5.10. The number of carbonyl (C=O) groups is 2. The highest BCUT2D eigenvalue weighted by Crippen LogP contribution is 2.27. The van der Waals surface area contributed by atoms with E-state index < -0.39 is 47.2 Å². The average molecular weight is 763 g/mol. The molecule has 0 radical (unpaired) electrons. The molecule has 2 atom stereocenters. The predicted molar refractivity (Wildman–Crippen MR) is 190 cm³/mol. The molecule has 0 bridgehead atoms. The van der Waals surface area contributed by atoms with Crippen LogP contribution >= 0.6 is 11.6 Å². The molecule has 2 unspecified atom stereocenters. The number of hydrogen-bond donors (Lipinski definition) is 3. The minimum atomic E-state index is -1.35. The van der Waals surface area contributed by atoms with Crippen molar-refractivity contribution in [3.05, 3.63) is 96.6 Å². The van der Waals surface area contributed by atoms with Crippen LogP contribution in [0, 0.1) is 26.1 Å². The smallest absolute Gasteiger partial charge is 0.434 e. The quantitative estimate of drug-likeness (QED) is 0.0190. The first-order valence-corrected chi connectivity index (χ1v) is 17.1. The van der Waals surface area contributed by atoms with Crippen molar-refractivity contribution in [1.82, 2.24) is 15.0 Å². The number of carbonyl (C=O) groups excluding carboxylic acids is 2. The Morgan fingerprint density at radius 3 is 2.38 bits per heavy atom. The highest BCUT2D eigenvalue weighted by atomic mass is 35.5. The molecule has 5 N–H and O–H groups in total. The van der Waals surface area contributed by atoms with Gasteiger partial charge in [-0.15, -0.1) is 20.2 Å². The Bertz CT molecular complexity index is 1720. The second-order valence-corrected chi connectivity index (χ2v) is 12.3. The lowest BCUT2D eigenvalue weighted by Crippen LogP contribution is -2.32. The maximum Gasteiger partial charge on any atom is 0.511 e. The number of nitrogens with zero attached hydrogens (tertiary/aromatic N) is 5. The first kappa shape index (κ1) is 41.7. The molecule has 0 saturated carbocycles. The van der Waals surface area contributed by atoms with Gasteiger partial charge in [-0.25, -0.2) is 20.4 Å². The molecule has 0 saturated heterocycles. The number of imidazole rings is 1. The van der Waals surface area contributed by atoms with Crippen LogP contribution in [-0.4, -0.2) is 63.3 Å². The highest BCUT2D eigenvalue weighted by Gasteiger charge is 2.30. The topological polar surface area (TPSA) is 261 Å². The molecule has 0 spiro atoms. The van der Waals surface area contributed by atoms with E-state index >= 15 is 0 Å². The Hall–Kier alpha value is -5.69. The van der Waals surface area contributed by atoms with Gasteiger partial charge in [0.15, 0.2) is 16.7 Å². The van der Waals surface area contributed by atoms with Crippen molar-refractivity contribution >= 4 is 29.6 Å². The standard InChI is InChI=1S/C33H43ClN8O11/c1-4-5-13-27-37-29(34)28(40(27)19-22-14-16-23(17-15-22)25-11-6-7-12-26(25)30(38-35)39-36)31(43)51-32(21(2)3)52-33(44)49-18-9-8-10-24(53-42(47)48)20-50-41(45)46/h6-7,11-12,14-17,21,24,32H,4-5,8-10,13,18-20,35-36H2,1-3H3,(H,38,39). The first-order chi connectivity index (χ1) is 25.4. The van der Waals surface area contributed by atoms with Crippen molar-refractivity contribution in [3.8, 4) is 11.1 Å². The lowest BCUT2D eigenvalue weighted by Gasteiger charge is -2.21. The third-order valence-corrected chi connectivity index (χ3v) is 7.99. The molecule has 1 heterocycles. The Kier molecular flexibility index (Phi) is 16.5. The number of amidine groups is 1. The zero-order chi connectivity index (χ0) is 38.9. The Balaban J connectivity index is 1.70. The molecule has 3 aromatic rings. The number of hydrogen-bond acceptors (Lipinski definition) is 15. The van der Waals surface area contributed by atoms with E-state index in [1.54, 1.807) is 18.4 Å². The monoisotopic (exact) mass is 762 g/mol. The minimum Gasteiger partial charge on any atom is -0.434 e. The third kappa shape index (κ3) is 12.8. The zero-order valence-corrected chi connectivity index (χ0v) is 30.2. The fourth-order valence-corrected chi connectivity index (χ4v) is 5.38. The Morgan fingerprint density at radius 1 is 1.04 bits per heavy atom. The van der Waals surface area contributed by atoms with Gasteiger partial charge >= 0.3 is 12.1 Å². The maximum absolute atomic E-state index is 13.6. The molecule has 0 aliphatic heterocycles. The van der Waals surface area contributed by atoms with Crippen molar-refractivity contribution in [2.24, 2.45) is 22.7 Å². The van der Waals surface area contributed by atoms with Gasteiger partial charge in [-0.3, -0.25) is 0 Å². The molecule has 0 amide bonds. The normalized spacial score (nSPS) is 12.5. The molecule has 19 nitrogen and oxygen atoms in total. The summed E-state index contributed by atoms with van der Waals surface area (Å²) >= 11 is 6.53. The van der Waals surface area contributed by atoms with Gasteiger partial charge in [0.05, 0.1) is 6.61 Å². The molecule has 2 aromatic carbocycles. The van der Waals surface area contributed by atoms with E-state index in [2.05, 4.69) is 25.2 Å². The van der Waals surface area contributed by atoms with Crippen LogP contribution in [0.15, 0.2) is 53.6 Å². The molecular formula is C33H43ClN8O11. The van der Waals surface area contributed by atoms with Gasteiger partial charge in [0.1, 0.15) is 18.5 Å². The van der Waals surface area contributed by atoms with Crippen molar-refractivity contribution in [2.75, 3.05) is 13.2 Å². The lowest BCUT2D eigenvalue weighted by atomic mass is 9.98. The van der Waals surface area contributed by atoms with Gasteiger partial charge in [0, 0.05) is 24.4 Å². The summed E-state index contributed by atoms with van der Waals surface area (Å²) in [6.07, 6.45) is -0.979. The number of aromatic nitrogens is 2. The summed E-state index contributed by atoms with van der Waals surface area (Å²) in [6.45, 7) is 4.81. The summed E-state index contributed by atoms with van der Waals surface area (Å²) < 4.78 is 17.7. The van der Waals surface area contributed by atoms with Crippen molar-refractivity contribution in [2.45, 2.75) is 78.2 Å². The molecule has 3 rings (SSSR count). The van der Waals surface area contributed by atoms with Crippen molar-refractivity contribution in [3.63, 3.8) is 0 Å². The van der Waals surface area contributed by atoms with Crippen molar-refractivity contribution in [1.29, 1.82) is 0 Å². The van der Waals surface area contributed by atoms with E-state index in [1.165, 1.54) is 0 Å². The van der Waals surface area contributed by atoms with Gasteiger partial charge in [0.2, 0.25) is 0 Å². The molecule has 0 aliphatic rings. The number of hydrazine groups is 1. The van der Waals surface area contributed by atoms with E-state index in [9.17, 15) is 29.8 Å². The number of ether oxygens (including phenoxy) is 3. The molecule has 1 aromatic heterocycles. The van der Waals surface area contributed by atoms with Crippen LogP contribution in [-0.2, 0) is 36.9 Å². The number of hydrazone groups is 1. The molecule has 20 heteroatoms. The van der Waals surface area contributed by atoms with E-state index in [4.69, 9.17) is 37.5 Å². The van der Waals surface area contributed by atoms with E-state index in [1.807, 2.05) is 55.5 Å². The summed E-state index contributed by atoms with van der Waals surface area (Å²) in [5.41, 5.74) is 5.74. The first-order valence-electron chi connectivity index (χ1n) is 16.7. The Morgan fingerprint density at radius 2 is 1.75 bits per heavy atom. The van der Waals surface area contributed by atoms with Crippen LogP contribution in [0.5, 0.6) is 0 Å². The van der Waals surface area contributed by atoms with Crippen molar-refractivity contribution < 1.29 is 43.6 Å². The SMILES string of the molecule is CCCCc1nc(Cl)c(C(=O)OC(OC(=O)OCCCCC(CO[N+](=O)[O-])O[N+](=O)[O-])C(C)C)n1Cc1ccc(-c2ccccc2/C(=N/N)NN)cc1. The van der Waals surface area contributed by atoms with Gasteiger partial charge in [-0.2, -0.15) is 5.10 Å². The second-order valence-electron chi connectivity index (χ2n) is 11.9. The number of rotatable bonds is 21. The van der Waals surface area contributed by atoms with E-state index in [0.717, 1.165) is 29.5 Å².